The van der Waals surface area contributed by atoms with Crippen molar-refractivity contribution in [1.29, 1.82) is 0 Å². The van der Waals surface area contributed by atoms with Crippen LogP contribution in [0.15, 0.2) is 42.1 Å². The average Bonchev–Trinajstić information content (AvgIpc) is 2.82. The van der Waals surface area contributed by atoms with Gasteiger partial charge in [0, 0.05) is 24.2 Å². The van der Waals surface area contributed by atoms with E-state index in [2.05, 4.69) is 29.3 Å². The van der Waals surface area contributed by atoms with Gasteiger partial charge in [0.15, 0.2) is 0 Å². The maximum Gasteiger partial charge on any atom is 0.305 e. The van der Waals surface area contributed by atoms with Crippen LogP contribution in [0, 0.1) is 0 Å². The Labute approximate surface area is 114 Å². The van der Waals surface area contributed by atoms with Gasteiger partial charge < -0.3 is 9.72 Å². The SMILES string of the molecule is COC(=O)CCC(C1=CC=CCCC1)c1ccc[nH]1. The van der Waals surface area contributed by atoms with Gasteiger partial charge in [-0.05, 0) is 37.8 Å². The Morgan fingerprint density at radius 1 is 1.53 bits per heavy atom. The first kappa shape index (κ1) is 13.7. The lowest BCUT2D eigenvalue weighted by molar-refractivity contribution is -0.140. The Kier molecular flexibility index (Phi) is 5.01. The van der Waals surface area contributed by atoms with Crippen LogP contribution < -0.4 is 0 Å². The van der Waals surface area contributed by atoms with Crippen LogP contribution in [-0.4, -0.2) is 18.1 Å². The smallest absolute Gasteiger partial charge is 0.305 e. The number of hydrogen-bond acceptors (Lipinski definition) is 2. The Bertz CT molecular complexity index is 457. The predicted molar refractivity (Wildman–Crippen MR) is 75.9 cm³/mol. The van der Waals surface area contributed by atoms with E-state index in [9.17, 15) is 4.79 Å². The first-order valence-electron chi connectivity index (χ1n) is 6.87. The van der Waals surface area contributed by atoms with E-state index in [0.717, 1.165) is 19.3 Å². The minimum atomic E-state index is -0.138. The number of ether oxygens (including phenoxy) is 1. The lowest BCUT2D eigenvalue weighted by atomic mass is 9.88. The number of aromatic amines is 1. The van der Waals surface area contributed by atoms with Gasteiger partial charge in [-0.2, -0.15) is 0 Å². The summed E-state index contributed by atoms with van der Waals surface area (Å²) in [7, 11) is 1.44. The van der Waals surface area contributed by atoms with Crippen molar-refractivity contribution in [2.75, 3.05) is 7.11 Å². The third-order valence-corrected chi connectivity index (χ3v) is 3.59. The summed E-state index contributed by atoms with van der Waals surface area (Å²) in [6.07, 6.45) is 13.1. The number of carbonyl (C=O) groups is 1. The third kappa shape index (κ3) is 3.85. The molecule has 0 fully saturated rings. The molecule has 1 aromatic rings. The number of aromatic nitrogens is 1. The number of esters is 1. The van der Waals surface area contributed by atoms with E-state index in [1.165, 1.54) is 24.8 Å². The van der Waals surface area contributed by atoms with E-state index in [4.69, 9.17) is 4.74 Å². The van der Waals surface area contributed by atoms with E-state index in [0.29, 0.717) is 6.42 Å². The van der Waals surface area contributed by atoms with Gasteiger partial charge >= 0.3 is 5.97 Å². The summed E-state index contributed by atoms with van der Waals surface area (Å²) in [5.74, 6) is 0.151. The van der Waals surface area contributed by atoms with Gasteiger partial charge in [-0.1, -0.05) is 23.8 Å². The number of methoxy groups -OCH3 is 1. The normalized spacial score (nSPS) is 16.6. The highest BCUT2D eigenvalue weighted by Gasteiger charge is 2.19. The lowest BCUT2D eigenvalue weighted by Gasteiger charge is -2.18. The van der Waals surface area contributed by atoms with E-state index in [1.807, 2.05) is 12.3 Å². The summed E-state index contributed by atoms with van der Waals surface area (Å²) >= 11 is 0. The van der Waals surface area contributed by atoms with Gasteiger partial charge in [0.05, 0.1) is 7.11 Å². The number of nitrogens with one attached hydrogen (secondary N) is 1. The molecule has 1 atom stereocenters. The van der Waals surface area contributed by atoms with E-state index in [-0.39, 0.29) is 11.9 Å². The molecule has 0 amide bonds. The van der Waals surface area contributed by atoms with Crippen LogP contribution in [0.25, 0.3) is 0 Å². The predicted octanol–water partition coefficient (Wildman–Crippen LogP) is 3.72. The number of rotatable bonds is 5. The molecule has 102 valence electrons. The van der Waals surface area contributed by atoms with Gasteiger partial charge in [0.2, 0.25) is 0 Å². The highest BCUT2D eigenvalue weighted by atomic mass is 16.5. The van der Waals surface area contributed by atoms with Crippen LogP contribution in [0.2, 0.25) is 0 Å². The Morgan fingerprint density at radius 2 is 2.42 bits per heavy atom. The van der Waals surface area contributed by atoms with Gasteiger partial charge in [-0.3, -0.25) is 4.79 Å². The van der Waals surface area contributed by atoms with Crippen LogP contribution in [-0.2, 0) is 9.53 Å². The monoisotopic (exact) mass is 259 g/mol. The molecule has 0 bridgehead atoms. The molecule has 0 spiro atoms. The molecule has 1 unspecified atom stereocenters. The zero-order valence-corrected chi connectivity index (χ0v) is 11.4. The van der Waals surface area contributed by atoms with Gasteiger partial charge in [-0.25, -0.2) is 0 Å². The molecular formula is C16H21NO2. The third-order valence-electron chi connectivity index (χ3n) is 3.59. The van der Waals surface area contributed by atoms with Crippen LogP contribution in [0.4, 0.5) is 0 Å². The molecule has 19 heavy (non-hydrogen) atoms. The highest BCUT2D eigenvalue weighted by molar-refractivity contribution is 5.69. The fourth-order valence-electron chi connectivity index (χ4n) is 2.55. The topological polar surface area (TPSA) is 42.1 Å². The van der Waals surface area contributed by atoms with Crippen LogP contribution in [0.3, 0.4) is 0 Å². The molecular weight excluding hydrogens is 238 g/mol. The first-order chi connectivity index (χ1) is 9.31. The van der Waals surface area contributed by atoms with Crippen molar-refractivity contribution < 1.29 is 9.53 Å². The summed E-state index contributed by atoms with van der Waals surface area (Å²) < 4.78 is 4.75. The van der Waals surface area contributed by atoms with E-state index in [1.54, 1.807) is 0 Å². The summed E-state index contributed by atoms with van der Waals surface area (Å²) in [6, 6.07) is 4.10. The molecule has 1 aromatic heterocycles. The number of allylic oxidation sites excluding steroid dienone is 4. The molecule has 3 heteroatoms. The van der Waals surface area contributed by atoms with Crippen molar-refractivity contribution in [3.05, 3.63) is 47.8 Å². The van der Waals surface area contributed by atoms with Crippen LogP contribution in [0.1, 0.15) is 43.7 Å². The molecule has 0 saturated heterocycles. The molecule has 3 nitrogen and oxygen atoms in total. The molecule has 0 aliphatic heterocycles. The number of carbonyl (C=O) groups excluding carboxylic acids is 1. The quantitative estimate of drug-likeness (QED) is 0.819. The molecule has 0 saturated carbocycles. The first-order valence-corrected chi connectivity index (χ1v) is 6.87. The fraction of sp³-hybridized carbons (Fsp3) is 0.438. The molecule has 1 heterocycles. The van der Waals surface area contributed by atoms with Crippen molar-refractivity contribution >= 4 is 5.97 Å². The van der Waals surface area contributed by atoms with Crippen LogP contribution >= 0.6 is 0 Å². The second-order valence-electron chi connectivity index (χ2n) is 4.85. The van der Waals surface area contributed by atoms with Gasteiger partial charge in [0.1, 0.15) is 0 Å². The molecule has 2 rings (SSSR count). The number of hydrogen-bond donors (Lipinski definition) is 1. The van der Waals surface area contributed by atoms with Crippen molar-refractivity contribution in [2.45, 2.75) is 38.0 Å². The van der Waals surface area contributed by atoms with Crippen molar-refractivity contribution in [3.8, 4) is 0 Å². The number of H-pyrrole nitrogens is 1. The lowest BCUT2D eigenvalue weighted by Crippen LogP contribution is -2.08. The summed E-state index contributed by atoms with van der Waals surface area (Å²) in [4.78, 5) is 14.7. The minimum Gasteiger partial charge on any atom is -0.469 e. The van der Waals surface area contributed by atoms with Crippen molar-refractivity contribution in [1.82, 2.24) is 4.98 Å². The summed E-state index contributed by atoms with van der Waals surface area (Å²) in [6.45, 7) is 0. The average molecular weight is 259 g/mol. The molecule has 1 aliphatic rings. The van der Waals surface area contributed by atoms with Gasteiger partial charge in [-0.15, -0.1) is 0 Å². The standard InChI is InChI=1S/C16H21NO2/c1-19-16(18)11-10-14(15-9-6-12-17-15)13-7-4-2-3-5-8-13/h2,4,6-7,9,12,14,17H,3,5,8,10-11H2,1H3. The Hall–Kier alpha value is -1.77. The Morgan fingerprint density at radius 3 is 3.16 bits per heavy atom. The highest BCUT2D eigenvalue weighted by Crippen LogP contribution is 2.32. The molecule has 0 aromatic carbocycles. The largest absolute Gasteiger partial charge is 0.469 e. The van der Waals surface area contributed by atoms with E-state index < -0.39 is 0 Å². The van der Waals surface area contributed by atoms with E-state index >= 15 is 0 Å². The van der Waals surface area contributed by atoms with Crippen molar-refractivity contribution in [2.24, 2.45) is 0 Å². The molecule has 1 aliphatic carbocycles. The maximum absolute atomic E-state index is 11.4. The molecule has 1 N–H and O–H groups in total. The zero-order valence-electron chi connectivity index (χ0n) is 11.4. The summed E-state index contributed by atoms with van der Waals surface area (Å²) in [5.41, 5.74) is 2.59. The van der Waals surface area contributed by atoms with Crippen molar-refractivity contribution in [3.63, 3.8) is 0 Å². The summed E-state index contributed by atoms with van der Waals surface area (Å²) in [5, 5.41) is 0. The molecule has 0 radical (unpaired) electrons. The zero-order chi connectivity index (χ0) is 13.5. The van der Waals surface area contributed by atoms with Crippen LogP contribution in [0.5, 0.6) is 0 Å². The Balaban J connectivity index is 2.12. The maximum atomic E-state index is 11.4. The minimum absolute atomic E-state index is 0.138. The fourth-order valence-corrected chi connectivity index (χ4v) is 2.55. The second kappa shape index (κ2) is 6.98. The van der Waals surface area contributed by atoms with Gasteiger partial charge in [0.25, 0.3) is 0 Å². The second-order valence-corrected chi connectivity index (χ2v) is 4.85.